The smallest absolute Gasteiger partial charge is 0.234 e. The first-order chi connectivity index (χ1) is 9.17. The second-order valence-corrected chi connectivity index (χ2v) is 4.02. The van der Waals surface area contributed by atoms with Crippen molar-refractivity contribution in [2.75, 3.05) is 18.6 Å². The number of nitrogens with two attached hydrogens (primary N) is 1. The molecule has 1 aromatic rings. The lowest BCUT2D eigenvalue weighted by Gasteiger charge is -2.17. The van der Waals surface area contributed by atoms with Crippen LogP contribution in [-0.2, 0) is 9.59 Å². The summed E-state index contributed by atoms with van der Waals surface area (Å²) >= 11 is 0. The van der Waals surface area contributed by atoms with E-state index in [4.69, 9.17) is 10.5 Å². The number of ether oxygens (including phenoxy) is 1. The lowest BCUT2D eigenvalue weighted by molar-refractivity contribution is -0.121. The Morgan fingerprint density at radius 2 is 2.00 bits per heavy atom. The monoisotopic (exact) mass is 258 g/mol. The third-order valence-corrected chi connectivity index (χ3v) is 2.81. The number of carbonyl (C=O) groups excluding carboxylic acids is 2. The minimum atomic E-state index is -0.216. The van der Waals surface area contributed by atoms with Gasteiger partial charge < -0.3 is 10.5 Å². The Balaban J connectivity index is 2.47. The van der Waals surface area contributed by atoms with E-state index in [1.165, 1.54) is 7.11 Å². The summed E-state index contributed by atoms with van der Waals surface area (Å²) in [6, 6.07) is 5.12. The minimum absolute atomic E-state index is 0.216. The van der Waals surface area contributed by atoms with E-state index < -0.39 is 0 Å². The molecule has 1 fully saturated rings. The molecule has 5 heteroatoms. The molecule has 1 aliphatic rings. The van der Waals surface area contributed by atoms with E-state index in [1.54, 1.807) is 18.2 Å². The number of amides is 2. The largest absolute Gasteiger partial charge is 0.495 e. The molecule has 1 heterocycles. The van der Waals surface area contributed by atoms with Gasteiger partial charge in [-0.1, -0.05) is 11.8 Å². The fraction of sp³-hybridized carbons (Fsp3) is 0.286. The maximum absolute atomic E-state index is 11.8. The van der Waals surface area contributed by atoms with Crippen molar-refractivity contribution >= 4 is 17.5 Å². The maximum atomic E-state index is 11.8. The molecule has 98 valence electrons. The van der Waals surface area contributed by atoms with Crippen molar-refractivity contribution in [3.8, 4) is 17.6 Å². The van der Waals surface area contributed by atoms with Gasteiger partial charge in [-0.25, -0.2) is 4.90 Å². The van der Waals surface area contributed by atoms with Crippen LogP contribution in [0.2, 0.25) is 0 Å². The number of hydrogen-bond donors (Lipinski definition) is 1. The number of rotatable bonds is 2. The molecule has 1 aliphatic heterocycles. The van der Waals surface area contributed by atoms with E-state index >= 15 is 0 Å². The van der Waals surface area contributed by atoms with Crippen molar-refractivity contribution in [1.82, 2.24) is 0 Å². The number of benzene rings is 1. The van der Waals surface area contributed by atoms with E-state index in [0.29, 0.717) is 17.0 Å². The Labute approximate surface area is 111 Å². The van der Waals surface area contributed by atoms with Gasteiger partial charge in [0, 0.05) is 18.4 Å². The van der Waals surface area contributed by atoms with Crippen molar-refractivity contribution in [3.63, 3.8) is 0 Å². The molecule has 0 aliphatic carbocycles. The number of carbonyl (C=O) groups is 2. The van der Waals surface area contributed by atoms with Crippen LogP contribution in [-0.4, -0.2) is 25.5 Å². The van der Waals surface area contributed by atoms with Crippen LogP contribution in [0.1, 0.15) is 18.4 Å². The van der Waals surface area contributed by atoms with Gasteiger partial charge in [-0.2, -0.15) is 0 Å². The highest BCUT2D eigenvalue weighted by Gasteiger charge is 2.32. The molecule has 19 heavy (non-hydrogen) atoms. The zero-order valence-corrected chi connectivity index (χ0v) is 10.6. The maximum Gasteiger partial charge on any atom is 0.234 e. The van der Waals surface area contributed by atoms with Crippen molar-refractivity contribution in [1.29, 1.82) is 0 Å². The SMILES string of the molecule is COc1ccc(C#CCN)cc1N1C(=O)CCC1=O. The Hall–Kier alpha value is -2.32. The van der Waals surface area contributed by atoms with E-state index in [0.717, 1.165) is 4.90 Å². The fourth-order valence-corrected chi connectivity index (χ4v) is 1.94. The average Bonchev–Trinajstić information content (AvgIpc) is 2.75. The molecule has 0 unspecified atom stereocenters. The fourth-order valence-electron chi connectivity index (χ4n) is 1.94. The minimum Gasteiger partial charge on any atom is -0.495 e. The second kappa shape index (κ2) is 5.55. The summed E-state index contributed by atoms with van der Waals surface area (Å²) in [5.41, 5.74) is 6.45. The predicted octanol–water partition coefficient (Wildman–Crippen LogP) is 0.659. The van der Waals surface area contributed by atoms with Gasteiger partial charge in [0.15, 0.2) is 0 Å². The summed E-state index contributed by atoms with van der Waals surface area (Å²) in [7, 11) is 1.50. The molecule has 1 aromatic carbocycles. The van der Waals surface area contributed by atoms with Crippen molar-refractivity contribution < 1.29 is 14.3 Å². The van der Waals surface area contributed by atoms with E-state index in [2.05, 4.69) is 11.8 Å². The van der Waals surface area contributed by atoms with Crippen LogP contribution in [0.25, 0.3) is 0 Å². The van der Waals surface area contributed by atoms with Crippen LogP contribution in [0.15, 0.2) is 18.2 Å². The molecule has 0 spiro atoms. The third-order valence-electron chi connectivity index (χ3n) is 2.81. The summed E-state index contributed by atoms with van der Waals surface area (Å²) < 4.78 is 5.19. The molecule has 0 atom stereocenters. The third kappa shape index (κ3) is 2.59. The van der Waals surface area contributed by atoms with Crippen LogP contribution in [0.3, 0.4) is 0 Å². The first kappa shape index (κ1) is 13.1. The molecule has 2 rings (SSSR count). The summed E-state index contributed by atoms with van der Waals surface area (Å²) in [5, 5.41) is 0. The van der Waals surface area contributed by atoms with Gasteiger partial charge >= 0.3 is 0 Å². The molecule has 0 bridgehead atoms. The van der Waals surface area contributed by atoms with Gasteiger partial charge in [0.05, 0.1) is 19.3 Å². The van der Waals surface area contributed by atoms with Crippen LogP contribution in [0.5, 0.6) is 5.75 Å². The van der Waals surface area contributed by atoms with Crippen LogP contribution in [0, 0.1) is 11.8 Å². The lowest BCUT2D eigenvalue weighted by Crippen LogP contribution is -2.29. The van der Waals surface area contributed by atoms with Crippen molar-refractivity contribution in [2.45, 2.75) is 12.8 Å². The lowest BCUT2D eigenvalue weighted by atomic mass is 10.1. The molecule has 1 saturated heterocycles. The van der Waals surface area contributed by atoms with Gasteiger partial charge in [-0.3, -0.25) is 9.59 Å². The average molecular weight is 258 g/mol. The number of nitrogens with zero attached hydrogens (tertiary/aromatic N) is 1. The van der Waals surface area contributed by atoms with Gasteiger partial charge in [-0.15, -0.1) is 0 Å². The first-order valence-corrected chi connectivity index (χ1v) is 5.90. The second-order valence-electron chi connectivity index (χ2n) is 4.02. The van der Waals surface area contributed by atoms with E-state index in [1.807, 2.05) is 0 Å². The van der Waals surface area contributed by atoms with Gasteiger partial charge in [0.2, 0.25) is 11.8 Å². The number of imide groups is 1. The molecule has 0 saturated carbocycles. The Morgan fingerprint density at radius 3 is 2.58 bits per heavy atom. The number of hydrogen-bond acceptors (Lipinski definition) is 4. The Morgan fingerprint density at radius 1 is 1.32 bits per heavy atom. The molecule has 0 radical (unpaired) electrons. The van der Waals surface area contributed by atoms with E-state index in [-0.39, 0.29) is 31.2 Å². The Kier molecular flexibility index (Phi) is 3.83. The Bertz CT molecular complexity index is 568. The van der Waals surface area contributed by atoms with Crippen molar-refractivity contribution in [3.05, 3.63) is 23.8 Å². The molecule has 5 nitrogen and oxygen atoms in total. The van der Waals surface area contributed by atoms with Crippen molar-refractivity contribution in [2.24, 2.45) is 5.73 Å². The summed E-state index contributed by atoms with van der Waals surface area (Å²) in [4.78, 5) is 24.7. The highest BCUT2D eigenvalue weighted by molar-refractivity contribution is 6.20. The number of anilines is 1. The topological polar surface area (TPSA) is 72.6 Å². The van der Waals surface area contributed by atoms with E-state index in [9.17, 15) is 9.59 Å². The van der Waals surface area contributed by atoms with Gasteiger partial charge in [-0.05, 0) is 18.2 Å². The van der Waals surface area contributed by atoms with Crippen LogP contribution in [0.4, 0.5) is 5.69 Å². The summed E-state index contributed by atoms with van der Waals surface area (Å²) in [6.45, 7) is 0.253. The number of methoxy groups -OCH3 is 1. The molecule has 0 aromatic heterocycles. The highest BCUT2D eigenvalue weighted by Crippen LogP contribution is 2.32. The van der Waals surface area contributed by atoms with Crippen LogP contribution < -0.4 is 15.4 Å². The highest BCUT2D eigenvalue weighted by atomic mass is 16.5. The zero-order chi connectivity index (χ0) is 13.8. The van der Waals surface area contributed by atoms with Gasteiger partial charge in [0.1, 0.15) is 5.75 Å². The molecular formula is C14H14N2O3. The molecule has 2 N–H and O–H groups in total. The molecule has 2 amide bonds. The molecular weight excluding hydrogens is 244 g/mol. The van der Waals surface area contributed by atoms with Crippen LogP contribution >= 0.6 is 0 Å². The summed E-state index contributed by atoms with van der Waals surface area (Å²) in [5.74, 6) is 5.64. The van der Waals surface area contributed by atoms with Gasteiger partial charge in [0.25, 0.3) is 0 Å². The first-order valence-electron chi connectivity index (χ1n) is 5.90. The standard InChI is InChI=1S/C14H14N2O3/c1-19-12-5-4-10(3-2-8-15)9-11(12)16-13(17)6-7-14(16)18/h4-5,9H,6-8,15H2,1H3. The quantitative estimate of drug-likeness (QED) is 0.624. The predicted molar refractivity (Wildman–Crippen MR) is 70.7 cm³/mol. The summed E-state index contributed by atoms with van der Waals surface area (Å²) in [6.07, 6.45) is 0.474. The normalized spacial score (nSPS) is 14.3. The zero-order valence-electron chi connectivity index (χ0n) is 10.6.